The fourth-order valence-corrected chi connectivity index (χ4v) is 2.93. The van der Waals surface area contributed by atoms with E-state index in [0.717, 1.165) is 11.6 Å². The van der Waals surface area contributed by atoms with Gasteiger partial charge in [0.2, 0.25) is 0 Å². The van der Waals surface area contributed by atoms with Crippen LogP contribution >= 0.6 is 11.8 Å². The predicted molar refractivity (Wildman–Crippen MR) is 57.2 cm³/mol. The topological polar surface area (TPSA) is 52.0 Å². The Bertz CT molecular complexity index is 263. The lowest BCUT2D eigenvalue weighted by Crippen LogP contribution is -2.31. The first-order chi connectivity index (χ1) is 6.86. The maximum Gasteiger partial charge on any atom is 0.255 e. The maximum absolute atomic E-state index is 6.11. The van der Waals surface area contributed by atoms with E-state index >= 15 is 0 Å². The maximum atomic E-state index is 6.11. The molecule has 2 N–H and O–H groups in total. The summed E-state index contributed by atoms with van der Waals surface area (Å²) in [5, 5.41) is 1.24. The van der Waals surface area contributed by atoms with Crippen LogP contribution in [0.2, 0.25) is 0 Å². The molecule has 78 valence electrons. The molecule has 0 aliphatic heterocycles. The summed E-state index contributed by atoms with van der Waals surface area (Å²) in [6.07, 6.45) is 9.49. The highest BCUT2D eigenvalue weighted by molar-refractivity contribution is 7.99. The number of nitrogens with zero attached hydrogens (tertiary/aromatic N) is 1. The van der Waals surface area contributed by atoms with Crippen molar-refractivity contribution in [2.24, 2.45) is 5.73 Å². The molecule has 1 aliphatic carbocycles. The van der Waals surface area contributed by atoms with Gasteiger partial charge in [0.25, 0.3) is 5.22 Å². The van der Waals surface area contributed by atoms with Gasteiger partial charge in [-0.05, 0) is 12.8 Å². The standard InChI is InChI=1S/C10H16N2OS/c11-8-4-2-1-3-5-9(8)14-10-12-6-7-13-10/h6-9H,1-5,11H2. The molecule has 1 aromatic heterocycles. The molecule has 1 aliphatic rings. The third-order valence-electron chi connectivity index (χ3n) is 2.67. The third kappa shape index (κ3) is 2.51. The quantitative estimate of drug-likeness (QED) is 0.765. The van der Waals surface area contributed by atoms with E-state index in [0.29, 0.717) is 11.3 Å². The summed E-state index contributed by atoms with van der Waals surface area (Å²) in [6.45, 7) is 0. The average Bonchev–Trinajstić information content (AvgIpc) is 2.60. The fraction of sp³-hybridized carbons (Fsp3) is 0.700. The van der Waals surface area contributed by atoms with Gasteiger partial charge in [-0.1, -0.05) is 31.0 Å². The monoisotopic (exact) mass is 212 g/mol. The van der Waals surface area contributed by atoms with Gasteiger partial charge in [-0.25, -0.2) is 4.98 Å². The Hall–Kier alpha value is -0.480. The van der Waals surface area contributed by atoms with Gasteiger partial charge < -0.3 is 10.2 Å². The second kappa shape index (κ2) is 4.84. The average molecular weight is 212 g/mol. The molecule has 1 fully saturated rings. The summed E-state index contributed by atoms with van der Waals surface area (Å²) in [6, 6.07) is 0.300. The molecule has 1 heterocycles. The van der Waals surface area contributed by atoms with Gasteiger partial charge in [0.05, 0.1) is 6.20 Å². The number of rotatable bonds is 2. The van der Waals surface area contributed by atoms with E-state index in [4.69, 9.17) is 10.2 Å². The van der Waals surface area contributed by atoms with Crippen LogP contribution in [-0.4, -0.2) is 16.3 Å². The van der Waals surface area contributed by atoms with E-state index in [1.165, 1.54) is 25.7 Å². The van der Waals surface area contributed by atoms with Crippen molar-refractivity contribution in [3.8, 4) is 0 Å². The van der Waals surface area contributed by atoms with E-state index in [-0.39, 0.29) is 0 Å². The van der Waals surface area contributed by atoms with Crippen LogP contribution in [0.3, 0.4) is 0 Å². The van der Waals surface area contributed by atoms with Crippen LogP contribution in [-0.2, 0) is 0 Å². The Morgan fingerprint density at radius 1 is 1.36 bits per heavy atom. The molecule has 0 aromatic carbocycles. The number of oxazole rings is 1. The third-order valence-corrected chi connectivity index (χ3v) is 3.96. The van der Waals surface area contributed by atoms with Crippen molar-refractivity contribution in [2.45, 2.75) is 48.6 Å². The highest BCUT2D eigenvalue weighted by atomic mass is 32.2. The number of aromatic nitrogens is 1. The minimum absolute atomic E-state index is 0.300. The zero-order chi connectivity index (χ0) is 9.80. The SMILES string of the molecule is NC1CCCCCC1Sc1ncco1. The van der Waals surface area contributed by atoms with Gasteiger partial charge in [0.15, 0.2) is 0 Å². The summed E-state index contributed by atoms with van der Waals surface area (Å²) in [5.41, 5.74) is 6.11. The van der Waals surface area contributed by atoms with E-state index in [9.17, 15) is 0 Å². The van der Waals surface area contributed by atoms with Gasteiger partial charge >= 0.3 is 0 Å². The van der Waals surface area contributed by atoms with Crippen molar-refractivity contribution in [2.75, 3.05) is 0 Å². The van der Waals surface area contributed by atoms with Crippen molar-refractivity contribution >= 4 is 11.8 Å². The molecule has 0 saturated heterocycles. The molecule has 2 atom stereocenters. The van der Waals surface area contributed by atoms with Crippen molar-refractivity contribution in [3.63, 3.8) is 0 Å². The molecule has 0 amide bonds. The van der Waals surface area contributed by atoms with E-state index in [1.54, 1.807) is 24.2 Å². The normalized spacial score (nSPS) is 28.6. The van der Waals surface area contributed by atoms with Crippen LogP contribution in [0.4, 0.5) is 0 Å². The van der Waals surface area contributed by atoms with Gasteiger partial charge in [-0.15, -0.1) is 0 Å². The lowest BCUT2D eigenvalue weighted by molar-refractivity contribution is 0.450. The first kappa shape index (κ1) is 10.1. The van der Waals surface area contributed by atoms with Crippen molar-refractivity contribution in [1.82, 2.24) is 4.98 Å². The Kier molecular flexibility index (Phi) is 3.48. The second-order valence-corrected chi connectivity index (χ2v) is 4.95. The van der Waals surface area contributed by atoms with Crippen LogP contribution in [0.1, 0.15) is 32.1 Å². The summed E-state index contributed by atoms with van der Waals surface area (Å²) >= 11 is 1.69. The molecule has 0 radical (unpaired) electrons. The highest BCUT2D eigenvalue weighted by Gasteiger charge is 2.22. The van der Waals surface area contributed by atoms with Crippen LogP contribution in [0.5, 0.6) is 0 Å². The second-order valence-electron chi connectivity index (χ2n) is 3.76. The molecular weight excluding hydrogens is 196 g/mol. The zero-order valence-corrected chi connectivity index (χ0v) is 9.00. The Morgan fingerprint density at radius 2 is 2.21 bits per heavy atom. The Balaban J connectivity index is 1.94. The summed E-state index contributed by atoms with van der Waals surface area (Å²) < 4.78 is 5.22. The van der Waals surface area contributed by atoms with Gasteiger partial charge in [-0.2, -0.15) is 0 Å². The lowest BCUT2D eigenvalue weighted by atomic mass is 10.1. The number of thioether (sulfide) groups is 1. The summed E-state index contributed by atoms with van der Waals surface area (Å²) in [4.78, 5) is 4.12. The smallest absolute Gasteiger partial charge is 0.255 e. The van der Waals surface area contributed by atoms with Crippen molar-refractivity contribution in [3.05, 3.63) is 12.5 Å². The summed E-state index contributed by atoms with van der Waals surface area (Å²) in [5.74, 6) is 0. The molecule has 0 bridgehead atoms. The molecule has 2 rings (SSSR count). The van der Waals surface area contributed by atoms with E-state index in [2.05, 4.69) is 4.98 Å². The predicted octanol–water partition coefficient (Wildman–Crippen LogP) is 2.43. The minimum Gasteiger partial charge on any atom is -0.440 e. The molecule has 1 saturated carbocycles. The molecule has 2 unspecified atom stereocenters. The number of hydrogen-bond donors (Lipinski definition) is 1. The first-order valence-electron chi connectivity index (χ1n) is 5.18. The van der Waals surface area contributed by atoms with Crippen LogP contribution in [0.15, 0.2) is 22.1 Å². The van der Waals surface area contributed by atoms with Gasteiger partial charge in [0, 0.05) is 11.3 Å². The first-order valence-corrected chi connectivity index (χ1v) is 6.06. The van der Waals surface area contributed by atoms with Crippen LogP contribution in [0.25, 0.3) is 0 Å². The highest BCUT2D eigenvalue weighted by Crippen LogP contribution is 2.31. The summed E-state index contributed by atoms with van der Waals surface area (Å²) in [7, 11) is 0. The van der Waals surface area contributed by atoms with Crippen LogP contribution in [0, 0.1) is 0 Å². The largest absolute Gasteiger partial charge is 0.440 e. The molecule has 1 aromatic rings. The zero-order valence-electron chi connectivity index (χ0n) is 8.19. The van der Waals surface area contributed by atoms with Gasteiger partial charge in [0.1, 0.15) is 6.26 Å². The molecule has 4 heteroatoms. The molecule has 14 heavy (non-hydrogen) atoms. The number of hydrogen-bond acceptors (Lipinski definition) is 4. The Labute approximate surface area is 88.5 Å². The van der Waals surface area contributed by atoms with E-state index in [1.807, 2.05) is 0 Å². The molecule has 0 spiro atoms. The van der Waals surface area contributed by atoms with Crippen molar-refractivity contribution < 1.29 is 4.42 Å². The minimum atomic E-state index is 0.300. The van der Waals surface area contributed by atoms with Gasteiger partial charge in [-0.3, -0.25) is 0 Å². The number of nitrogens with two attached hydrogens (primary N) is 1. The van der Waals surface area contributed by atoms with Crippen molar-refractivity contribution in [1.29, 1.82) is 0 Å². The Morgan fingerprint density at radius 3 is 3.00 bits per heavy atom. The van der Waals surface area contributed by atoms with E-state index < -0.39 is 0 Å². The fourth-order valence-electron chi connectivity index (χ4n) is 1.85. The molecule has 3 nitrogen and oxygen atoms in total. The lowest BCUT2D eigenvalue weighted by Gasteiger charge is -2.18. The molecular formula is C10H16N2OS. The van der Waals surface area contributed by atoms with Crippen LogP contribution < -0.4 is 5.73 Å².